The third-order valence-corrected chi connectivity index (χ3v) is 2.72. The molecule has 68 valence electrons. The molecule has 0 saturated heterocycles. The molecule has 0 aliphatic carbocycles. The standard InChI is InChI=1S/C7H6BIO4/c9-4-1-2-5-7(13-3-12-5)6(4)8(10)11/h1-2,10-11H,3H2. The zero-order valence-electron chi connectivity index (χ0n) is 6.53. The Bertz CT molecular complexity index is 342. The molecule has 13 heavy (non-hydrogen) atoms. The average molecular weight is 292 g/mol. The normalized spacial score (nSPS) is 13.2. The van der Waals surface area contributed by atoms with Gasteiger partial charge in [0.2, 0.25) is 6.79 Å². The molecule has 2 rings (SSSR count). The minimum absolute atomic E-state index is 0.134. The molecule has 0 atom stereocenters. The Balaban J connectivity index is 2.58. The van der Waals surface area contributed by atoms with E-state index in [1.807, 2.05) is 22.6 Å². The summed E-state index contributed by atoms with van der Waals surface area (Å²) in [6.45, 7) is 0.134. The quantitative estimate of drug-likeness (QED) is 0.551. The molecule has 0 aromatic heterocycles. The lowest BCUT2D eigenvalue weighted by Gasteiger charge is -2.06. The predicted molar refractivity (Wildman–Crippen MR) is 55.1 cm³/mol. The van der Waals surface area contributed by atoms with Crippen molar-refractivity contribution in [1.29, 1.82) is 0 Å². The van der Waals surface area contributed by atoms with Crippen molar-refractivity contribution in [2.45, 2.75) is 0 Å². The Hall–Kier alpha value is -0.465. The van der Waals surface area contributed by atoms with E-state index in [1.54, 1.807) is 12.1 Å². The van der Waals surface area contributed by atoms with Gasteiger partial charge in [-0.15, -0.1) is 0 Å². The lowest BCUT2D eigenvalue weighted by molar-refractivity contribution is 0.174. The highest BCUT2D eigenvalue weighted by Crippen LogP contribution is 2.31. The minimum atomic E-state index is -1.52. The van der Waals surface area contributed by atoms with Gasteiger partial charge in [-0.2, -0.15) is 0 Å². The van der Waals surface area contributed by atoms with Crippen molar-refractivity contribution in [2.24, 2.45) is 0 Å². The van der Waals surface area contributed by atoms with Gasteiger partial charge in [-0.3, -0.25) is 0 Å². The van der Waals surface area contributed by atoms with E-state index in [-0.39, 0.29) is 6.79 Å². The van der Waals surface area contributed by atoms with Crippen molar-refractivity contribution in [1.82, 2.24) is 0 Å². The van der Waals surface area contributed by atoms with Crippen LogP contribution in [0.4, 0.5) is 0 Å². The monoisotopic (exact) mass is 292 g/mol. The van der Waals surface area contributed by atoms with Gasteiger partial charge in [-0.1, -0.05) is 0 Å². The zero-order chi connectivity index (χ0) is 9.42. The molecule has 0 radical (unpaired) electrons. The Morgan fingerprint density at radius 2 is 2.08 bits per heavy atom. The molecule has 6 heteroatoms. The summed E-state index contributed by atoms with van der Waals surface area (Å²) in [6, 6.07) is 3.50. The molecule has 1 aromatic rings. The van der Waals surface area contributed by atoms with Crippen molar-refractivity contribution in [3.63, 3.8) is 0 Å². The van der Waals surface area contributed by atoms with Crippen LogP contribution in [0.1, 0.15) is 0 Å². The highest BCUT2D eigenvalue weighted by Gasteiger charge is 2.27. The average Bonchev–Trinajstić information content (AvgIpc) is 2.50. The third-order valence-electron chi connectivity index (χ3n) is 1.78. The van der Waals surface area contributed by atoms with Crippen molar-refractivity contribution < 1.29 is 19.5 Å². The Morgan fingerprint density at radius 3 is 2.77 bits per heavy atom. The summed E-state index contributed by atoms with van der Waals surface area (Å²) in [4.78, 5) is 0. The molecule has 0 fully saturated rings. The molecule has 0 unspecified atom stereocenters. The highest BCUT2D eigenvalue weighted by atomic mass is 127. The molecular weight excluding hydrogens is 286 g/mol. The van der Waals surface area contributed by atoms with Gasteiger partial charge < -0.3 is 19.5 Å². The summed E-state index contributed by atoms with van der Waals surface area (Å²) >= 11 is 2.01. The van der Waals surface area contributed by atoms with Gasteiger partial charge in [0.15, 0.2) is 11.5 Å². The fraction of sp³-hybridized carbons (Fsp3) is 0.143. The molecule has 2 N–H and O–H groups in total. The van der Waals surface area contributed by atoms with Crippen LogP contribution in [0.25, 0.3) is 0 Å². The van der Waals surface area contributed by atoms with Crippen LogP contribution in [0.2, 0.25) is 0 Å². The van der Waals surface area contributed by atoms with Crippen LogP contribution >= 0.6 is 22.6 Å². The minimum Gasteiger partial charge on any atom is -0.454 e. The lowest BCUT2D eigenvalue weighted by Crippen LogP contribution is -2.33. The van der Waals surface area contributed by atoms with E-state index in [2.05, 4.69) is 0 Å². The number of fused-ring (bicyclic) bond motifs is 1. The van der Waals surface area contributed by atoms with Gasteiger partial charge >= 0.3 is 7.12 Å². The number of rotatable bonds is 1. The number of ether oxygens (including phenoxy) is 2. The van der Waals surface area contributed by atoms with Gasteiger partial charge in [-0.25, -0.2) is 0 Å². The smallest absolute Gasteiger partial charge is 0.454 e. The van der Waals surface area contributed by atoms with E-state index in [9.17, 15) is 0 Å². The summed E-state index contributed by atoms with van der Waals surface area (Å²) in [7, 11) is -1.52. The SMILES string of the molecule is OB(O)c1c(I)ccc2c1OCO2. The molecule has 0 spiro atoms. The Labute approximate surface area is 88.8 Å². The van der Waals surface area contributed by atoms with Crippen LogP contribution in [0, 0.1) is 3.57 Å². The van der Waals surface area contributed by atoms with E-state index in [0.717, 1.165) is 3.57 Å². The molecule has 1 heterocycles. The topological polar surface area (TPSA) is 58.9 Å². The zero-order valence-corrected chi connectivity index (χ0v) is 8.69. The number of hydrogen-bond donors (Lipinski definition) is 2. The van der Waals surface area contributed by atoms with Gasteiger partial charge in [0, 0.05) is 9.03 Å². The maximum Gasteiger partial charge on any atom is 0.493 e. The van der Waals surface area contributed by atoms with Crippen molar-refractivity contribution in [3.8, 4) is 11.5 Å². The summed E-state index contributed by atoms with van der Waals surface area (Å²) in [6.07, 6.45) is 0. The summed E-state index contributed by atoms with van der Waals surface area (Å²) in [5, 5.41) is 18.2. The van der Waals surface area contributed by atoms with E-state index >= 15 is 0 Å². The van der Waals surface area contributed by atoms with Gasteiger partial charge in [0.1, 0.15) is 0 Å². The second kappa shape index (κ2) is 3.35. The number of benzene rings is 1. The van der Waals surface area contributed by atoms with Crippen LogP contribution in [0.5, 0.6) is 11.5 Å². The third kappa shape index (κ3) is 1.49. The van der Waals surface area contributed by atoms with Crippen LogP contribution in [0.15, 0.2) is 12.1 Å². The fourth-order valence-corrected chi connectivity index (χ4v) is 1.91. The number of halogens is 1. The molecule has 0 amide bonds. The maximum atomic E-state index is 9.08. The first-order valence-corrected chi connectivity index (χ1v) is 4.72. The molecule has 0 saturated carbocycles. The first-order valence-electron chi connectivity index (χ1n) is 3.64. The lowest BCUT2D eigenvalue weighted by atomic mass is 9.79. The summed E-state index contributed by atoms with van der Waals surface area (Å²) < 4.78 is 11.0. The van der Waals surface area contributed by atoms with Crippen LogP contribution in [-0.4, -0.2) is 24.0 Å². The van der Waals surface area contributed by atoms with E-state index < -0.39 is 7.12 Å². The molecule has 1 aromatic carbocycles. The first kappa shape index (κ1) is 9.10. The molecule has 1 aliphatic rings. The van der Waals surface area contributed by atoms with Crippen LogP contribution < -0.4 is 14.9 Å². The van der Waals surface area contributed by atoms with Gasteiger partial charge in [-0.05, 0) is 34.7 Å². The Kier molecular flexibility index (Phi) is 2.35. The predicted octanol–water partition coefficient (Wildman–Crippen LogP) is -0.300. The van der Waals surface area contributed by atoms with Gasteiger partial charge in [0.25, 0.3) is 0 Å². The van der Waals surface area contributed by atoms with E-state index in [4.69, 9.17) is 19.5 Å². The number of hydrogen-bond acceptors (Lipinski definition) is 4. The summed E-state index contributed by atoms with van der Waals surface area (Å²) in [5.41, 5.74) is 0.371. The molecule has 0 bridgehead atoms. The summed E-state index contributed by atoms with van der Waals surface area (Å²) in [5.74, 6) is 0.991. The van der Waals surface area contributed by atoms with Gasteiger partial charge in [0.05, 0.1) is 0 Å². The van der Waals surface area contributed by atoms with E-state index in [0.29, 0.717) is 17.0 Å². The second-order valence-electron chi connectivity index (χ2n) is 2.57. The van der Waals surface area contributed by atoms with Crippen molar-refractivity contribution >= 4 is 35.2 Å². The maximum absolute atomic E-state index is 9.08. The Morgan fingerprint density at radius 1 is 1.31 bits per heavy atom. The van der Waals surface area contributed by atoms with Crippen LogP contribution in [0.3, 0.4) is 0 Å². The fourth-order valence-electron chi connectivity index (χ4n) is 1.21. The largest absolute Gasteiger partial charge is 0.493 e. The first-order chi connectivity index (χ1) is 6.20. The molecule has 1 aliphatic heterocycles. The van der Waals surface area contributed by atoms with Crippen LogP contribution in [-0.2, 0) is 0 Å². The molecule has 4 nitrogen and oxygen atoms in total. The molecular formula is C7H6BIO4. The van der Waals surface area contributed by atoms with Crippen molar-refractivity contribution in [2.75, 3.05) is 6.79 Å². The van der Waals surface area contributed by atoms with E-state index in [1.165, 1.54) is 0 Å². The second-order valence-corrected chi connectivity index (χ2v) is 3.73. The van der Waals surface area contributed by atoms with Crippen molar-refractivity contribution in [3.05, 3.63) is 15.7 Å². The highest BCUT2D eigenvalue weighted by molar-refractivity contribution is 14.1.